The fourth-order valence-electron chi connectivity index (χ4n) is 0. The van der Waals surface area contributed by atoms with Gasteiger partial charge in [0.25, 0.3) is 0 Å². The number of hydrogen-bond acceptors (Lipinski definition) is 2. The molecule has 0 aliphatic rings. The van der Waals surface area contributed by atoms with E-state index in [0.29, 0.717) is 0 Å². The van der Waals surface area contributed by atoms with Crippen LogP contribution in [0, 0.1) is 4.91 Å². The van der Waals surface area contributed by atoms with Crippen LogP contribution in [0.5, 0.6) is 0 Å². The van der Waals surface area contributed by atoms with Gasteiger partial charge in [-0.1, -0.05) is 0 Å². The summed E-state index contributed by atoms with van der Waals surface area (Å²) >= 11 is 0. The van der Waals surface area contributed by atoms with E-state index in [1.54, 1.807) is 0 Å². The Morgan fingerprint density at radius 1 is 1.80 bits per heavy atom. The van der Waals surface area contributed by atoms with E-state index in [-0.39, 0.29) is 36.8 Å². The van der Waals surface area contributed by atoms with Gasteiger partial charge >= 0.3 is 18.9 Å². The molecule has 0 saturated heterocycles. The maximum absolute atomic E-state index is 8.11. The monoisotopic (exact) mass is 113 g/mol. The fourth-order valence-corrected chi connectivity index (χ4v) is 0. The molecule has 0 heterocycles. The first kappa shape index (κ1) is 17.8. The normalized spacial score (nSPS) is 2.40. The van der Waals surface area contributed by atoms with Crippen molar-refractivity contribution in [2.24, 2.45) is 5.34 Å². The number of hydrogen-bond donors (Lipinski definition) is 1. The van der Waals surface area contributed by atoms with Crippen molar-refractivity contribution < 1.29 is 42.0 Å². The van der Waals surface area contributed by atoms with E-state index in [0.717, 1.165) is 0 Å². The van der Waals surface area contributed by atoms with Crippen molar-refractivity contribution in [3.63, 3.8) is 0 Å². The molecule has 0 aromatic heterocycles. The smallest absolute Gasteiger partial charge is 1.00 e. The third-order valence-corrected chi connectivity index (χ3v) is 0. The van der Waals surface area contributed by atoms with Crippen molar-refractivity contribution >= 4 is 0 Å². The van der Waals surface area contributed by atoms with E-state index in [1.807, 2.05) is 0 Å². The average molecular weight is 114 g/mol. The van der Waals surface area contributed by atoms with E-state index in [4.69, 9.17) is 10.1 Å². The van der Waals surface area contributed by atoms with Gasteiger partial charge in [0.05, 0.1) is 0 Å². The van der Waals surface area contributed by atoms with Gasteiger partial charge in [-0.25, -0.2) is 0 Å². The van der Waals surface area contributed by atoms with Gasteiger partial charge in [0.2, 0.25) is 0 Å². The summed E-state index contributed by atoms with van der Waals surface area (Å²) in [5, 5.41) is 7.89. The quantitative estimate of drug-likeness (QED) is 0.211. The molecule has 0 aromatic carbocycles. The summed E-state index contributed by atoms with van der Waals surface area (Å²) in [6.45, 7) is 0. The third-order valence-electron chi connectivity index (χ3n) is 0. The summed E-state index contributed by atoms with van der Waals surface area (Å²) in [6, 6.07) is 0. The summed E-state index contributed by atoms with van der Waals surface area (Å²) in [6.07, 6.45) is 0. The van der Waals surface area contributed by atoms with Gasteiger partial charge < -0.3 is 6.63 Å². The van der Waals surface area contributed by atoms with Crippen LogP contribution in [-0.4, -0.2) is 5.21 Å². The van der Waals surface area contributed by atoms with Crippen LogP contribution >= 0.6 is 0 Å². The van der Waals surface area contributed by atoms with Crippen LogP contribution < -0.4 is 18.9 Å². The molecule has 5 heavy (non-hydrogen) atoms. The molecule has 3 nitrogen and oxygen atoms in total. The van der Waals surface area contributed by atoms with Crippen LogP contribution in [0.2, 0.25) is 0 Å². The Labute approximate surface area is 52.6 Å². The number of nitrogens with zero attached hydrogens (tertiary/aromatic N) is 1. The zero-order valence-electron chi connectivity index (χ0n) is 3.62. The molecule has 0 radical (unpaired) electrons. The molecule has 0 fully saturated rings. The van der Waals surface area contributed by atoms with Gasteiger partial charge in [0, 0.05) is 16.5 Å². The molecule has 5 heteroatoms. The first-order valence-corrected chi connectivity index (χ1v) is 0.383. The van der Waals surface area contributed by atoms with Crippen molar-refractivity contribution in [2.75, 3.05) is 0 Å². The predicted octanol–water partition coefficient (Wildman–Crippen LogP) is -2.74. The summed E-state index contributed by atoms with van der Waals surface area (Å²) in [4.78, 5) is 8.11. The minimum absolute atomic E-state index is 0. The second kappa shape index (κ2) is 24.6. The molecular weight excluding hydrogens is 112 g/mol. The molecule has 0 spiro atoms. The molecule has 0 aliphatic heterocycles. The molecule has 0 unspecified atom stereocenters. The Kier molecular flexibility index (Phi) is 87.9. The van der Waals surface area contributed by atoms with Crippen LogP contribution in [0.3, 0.4) is 0 Å². The second-order valence-electron chi connectivity index (χ2n) is 0.0816. The van der Waals surface area contributed by atoms with Gasteiger partial charge in [-0.2, -0.15) is 0 Å². The van der Waals surface area contributed by atoms with Crippen LogP contribution in [0.25, 0.3) is 0 Å². The van der Waals surface area contributed by atoms with Crippen molar-refractivity contribution in [1.29, 1.82) is 0 Å². The van der Waals surface area contributed by atoms with E-state index in [9.17, 15) is 0 Å². The standard InChI is InChI=1S/Li.HNO2.Ni.H/c;2-1-3;;/h;(H,2,3);;/q+1;;;-1. The predicted molar refractivity (Wildman–Crippen MR) is 8.69 cm³/mol. The maximum atomic E-state index is 8.11. The van der Waals surface area contributed by atoms with Crippen molar-refractivity contribution in [2.45, 2.75) is 0 Å². The van der Waals surface area contributed by atoms with Gasteiger partial charge in [0.15, 0.2) is 5.34 Å². The molecule has 0 amide bonds. The Morgan fingerprint density at radius 3 is 1.80 bits per heavy atom. The van der Waals surface area contributed by atoms with Gasteiger partial charge in [-0.15, -0.1) is 4.91 Å². The summed E-state index contributed by atoms with van der Waals surface area (Å²) in [5.41, 5.74) is 0. The zero-order valence-corrected chi connectivity index (χ0v) is 3.61. The zero-order chi connectivity index (χ0) is 2.71. The fraction of sp³-hybridized carbons (Fsp3) is 0. The molecule has 0 aliphatic carbocycles. The Hall–Kier alpha value is 0.491. The van der Waals surface area contributed by atoms with E-state index in [1.165, 1.54) is 5.34 Å². The molecule has 0 saturated carbocycles. The topological polar surface area (TPSA) is 49.7 Å². The molecule has 0 atom stereocenters. The van der Waals surface area contributed by atoms with Crippen molar-refractivity contribution in [3.05, 3.63) is 4.91 Å². The van der Waals surface area contributed by atoms with Crippen LogP contribution in [0.15, 0.2) is 5.34 Å². The summed E-state index contributed by atoms with van der Waals surface area (Å²) < 4.78 is 0. The SMILES string of the molecule is O=NO.[H-].[Li+].[Ni]. The molecule has 30 valence electrons. The summed E-state index contributed by atoms with van der Waals surface area (Å²) in [5.74, 6) is 0. The third kappa shape index (κ3) is 116. The molecule has 0 aromatic rings. The van der Waals surface area contributed by atoms with Gasteiger partial charge in [0.1, 0.15) is 0 Å². The van der Waals surface area contributed by atoms with Crippen molar-refractivity contribution in [3.8, 4) is 0 Å². The van der Waals surface area contributed by atoms with Crippen LogP contribution in [0.1, 0.15) is 1.43 Å². The van der Waals surface area contributed by atoms with Crippen LogP contribution in [-0.2, 0) is 16.5 Å². The van der Waals surface area contributed by atoms with E-state index < -0.39 is 0 Å². The Bertz CT molecular complexity index is 21.0. The molecule has 0 rings (SSSR count). The van der Waals surface area contributed by atoms with E-state index >= 15 is 0 Å². The van der Waals surface area contributed by atoms with Crippen LogP contribution in [0.4, 0.5) is 0 Å². The first-order chi connectivity index (χ1) is 1.41. The summed E-state index contributed by atoms with van der Waals surface area (Å²) in [7, 11) is 0. The Morgan fingerprint density at radius 2 is 1.80 bits per heavy atom. The van der Waals surface area contributed by atoms with Gasteiger partial charge in [-0.05, 0) is 0 Å². The van der Waals surface area contributed by atoms with E-state index in [2.05, 4.69) is 0 Å². The minimum atomic E-state index is 0. The Balaban J connectivity index is -0.00000000667. The molecular formula is H2LiNNiO2. The van der Waals surface area contributed by atoms with Crippen molar-refractivity contribution in [1.82, 2.24) is 0 Å². The average Bonchev–Trinajstić information content (AvgIpc) is 0.918. The first-order valence-electron chi connectivity index (χ1n) is 0.383. The largest absolute Gasteiger partial charge is 1.00 e. The maximum Gasteiger partial charge on any atom is 1.00 e. The minimum Gasteiger partial charge on any atom is -1.00 e. The molecule has 1 N–H and O–H groups in total. The number of rotatable bonds is 0. The van der Waals surface area contributed by atoms with Gasteiger partial charge in [-0.3, -0.25) is 0 Å². The molecule has 0 bridgehead atoms. The second-order valence-corrected chi connectivity index (χ2v) is 0.0816.